The van der Waals surface area contributed by atoms with Crippen LogP contribution in [0.15, 0.2) is 83.8 Å². The van der Waals surface area contributed by atoms with Gasteiger partial charge in [-0.25, -0.2) is 4.79 Å². The number of hydrogen-bond acceptors (Lipinski definition) is 5. The summed E-state index contributed by atoms with van der Waals surface area (Å²) in [7, 11) is 0. The maximum absolute atomic E-state index is 12.5. The van der Waals surface area contributed by atoms with Gasteiger partial charge in [-0.1, -0.05) is 24.3 Å². The summed E-state index contributed by atoms with van der Waals surface area (Å²) in [6, 6.07) is 21.5. The first-order chi connectivity index (χ1) is 14.9. The Hall–Kier alpha value is -3.85. The topological polar surface area (TPSA) is 113 Å². The molecule has 0 aromatic heterocycles. The van der Waals surface area contributed by atoms with E-state index < -0.39 is 16.2 Å². The molecule has 3 amide bonds. The second kappa shape index (κ2) is 10.3. The van der Waals surface area contributed by atoms with Crippen molar-refractivity contribution in [2.24, 2.45) is 0 Å². The summed E-state index contributed by atoms with van der Waals surface area (Å²) in [5.74, 6) is -0.228. The zero-order valence-corrected chi connectivity index (χ0v) is 17.4. The molecule has 0 heterocycles. The first-order valence-electron chi connectivity index (χ1n) is 9.36. The van der Waals surface area contributed by atoms with Gasteiger partial charge in [0, 0.05) is 34.1 Å². The third-order valence-corrected chi connectivity index (χ3v) is 5.26. The van der Waals surface area contributed by atoms with Gasteiger partial charge in [-0.15, -0.1) is 11.8 Å². The van der Waals surface area contributed by atoms with Gasteiger partial charge >= 0.3 is 6.03 Å². The van der Waals surface area contributed by atoms with Crippen molar-refractivity contribution in [2.75, 3.05) is 16.0 Å². The van der Waals surface area contributed by atoms with Gasteiger partial charge in [-0.2, -0.15) is 0 Å². The summed E-state index contributed by atoms with van der Waals surface area (Å²) in [5.41, 5.74) is 1.74. The van der Waals surface area contributed by atoms with Gasteiger partial charge in [0.1, 0.15) is 0 Å². The highest BCUT2D eigenvalue weighted by molar-refractivity contribution is 8.00. The van der Waals surface area contributed by atoms with Crippen molar-refractivity contribution in [3.63, 3.8) is 0 Å². The predicted molar refractivity (Wildman–Crippen MR) is 123 cm³/mol. The number of para-hydroxylation sites is 1. The molecule has 9 heteroatoms. The Morgan fingerprint density at radius 2 is 1.42 bits per heavy atom. The van der Waals surface area contributed by atoms with E-state index in [0.29, 0.717) is 17.1 Å². The number of nitrogens with one attached hydrogen (secondary N) is 3. The molecule has 0 aliphatic rings. The minimum atomic E-state index is -0.467. The summed E-state index contributed by atoms with van der Waals surface area (Å²) in [6.45, 7) is 1.75. The molecule has 0 aliphatic heterocycles. The zero-order chi connectivity index (χ0) is 22.2. The number of nitrogens with zero attached hydrogens (tertiary/aromatic N) is 1. The first-order valence-corrected chi connectivity index (χ1v) is 10.2. The molecule has 3 aromatic carbocycles. The van der Waals surface area contributed by atoms with Gasteiger partial charge in [0.15, 0.2) is 0 Å². The number of anilines is 3. The summed E-state index contributed by atoms with van der Waals surface area (Å²) in [6.07, 6.45) is 0. The lowest BCUT2D eigenvalue weighted by Gasteiger charge is -2.13. The van der Waals surface area contributed by atoms with E-state index in [9.17, 15) is 19.7 Å². The molecule has 0 radical (unpaired) electrons. The van der Waals surface area contributed by atoms with Crippen LogP contribution in [-0.4, -0.2) is 22.1 Å². The summed E-state index contributed by atoms with van der Waals surface area (Å²) < 4.78 is 0. The monoisotopic (exact) mass is 436 g/mol. The van der Waals surface area contributed by atoms with E-state index >= 15 is 0 Å². The predicted octanol–water partition coefficient (Wildman–Crippen LogP) is 5.36. The Bertz CT molecular complexity index is 1070. The number of carbonyl (C=O) groups is 2. The SMILES string of the molecule is CC(Sc1ccc([N+](=O)[O-])cc1)C(=O)Nc1cccc(NC(=O)Nc2ccccc2)c1. The third-order valence-electron chi connectivity index (χ3n) is 4.15. The molecular weight excluding hydrogens is 416 g/mol. The summed E-state index contributed by atoms with van der Waals surface area (Å²) >= 11 is 1.29. The van der Waals surface area contributed by atoms with Gasteiger partial charge in [-0.05, 0) is 49.4 Å². The van der Waals surface area contributed by atoms with Gasteiger partial charge < -0.3 is 16.0 Å². The molecule has 1 unspecified atom stereocenters. The Kier molecular flexibility index (Phi) is 7.23. The molecule has 31 heavy (non-hydrogen) atoms. The second-order valence-corrected chi connectivity index (χ2v) is 7.94. The fourth-order valence-corrected chi connectivity index (χ4v) is 3.51. The number of nitro benzene ring substituents is 1. The van der Waals surface area contributed by atoms with Crippen LogP contribution in [0.4, 0.5) is 27.5 Å². The molecule has 1 atom stereocenters. The van der Waals surface area contributed by atoms with Crippen LogP contribution >= 0.6 is 11.8 Å². The Labute approximate surface area is 183 Å². The van der Waals surface area contributed by atoms with Crippen LogP contribution < -0.4 is 16.0 Å². The minimum absolute atomic E-state index is 0.00192. The molecule has 0 aliphatic carbocycles. The largest absolute Gasteiger partial charge is 0.325 e. The number of thioether (sulfide) groups is 1. The lowest BCUT2D eigenvalue weighted by molar-refractivity contribution is -0.384. The average molecular weight is 436 g/mol. The van der Waals surface area contributed by atoms with E-state index in [-0.39, 0.29) is 11.6 Å². The molecule has 8 nitrogen and oxygen atoms in total. The van der Waals surface area contributed by atoms with Crippen molar-refractivity contribution < 1.29 is 14.5 Å². The number of benzene rings is 3. The van der Waals surface area contributed by atoms with Crippen molar-refractivity contribution in [2.45, 2.75) is 17.1 Å². The van der Waals surface area contributed by atoms with Crippen LogP contribution in [0.2, 0.25) is 0 Å². The molecule has 3 aromatic rings. The highest BCUT2D eigenvalue weighted by atomic mass is 32.2. The van der Waals surface area contributed by atoms with E-state index in [4.69, 9.17) is 0 Å². The highest BCUT2D eigenvalue weighted by Crippen LogP contribution is 2.26. The molecule has 0 saturated carbocycles. The smallest absolute Gasteiger partial charge is 0.323 e. The summed E-state index contributed by atoms with van der Waals surface area (Å²) in [4.78, 5) is 35.7. The number of rotatable bonds is 7. The zero-order valence-electron chi connectivity index (χ0n) is 16.6. The summed E-state index contributed by atoms with van der Waals surface area (Å²) in [5, 5.41) is 18.6. The molecule has 0 bridgehead atoms. The van der Waals surface area contributed by atoms with Crippen LogP contribution in [0.5, 0.6) is 0 Å². The first kappa shape index (κ1) is 21.8. The molecule has 158 valence electrons. The molecule has 0 spiro atoms. The van der Waals surface area contributed by atoms with Crippen LogP contribution in [0.1, 0.15) is 6.92 Å². The van der Waals surface area contributed by atoms with Crippen molar-refractivity contribution in [1.29, 1.82) is 0 Å². The molecule has 3 N–H and O–H groups in total. The highest BCUT2D eigenvalue weighted by Gasteiger charge is 2.16. The third kappa shape index (κ3) is 6.58. The Morgan fingerprint density at radius 3 is 2.06 bits per heavy atom. The van der Waals surface area contributed by atoms with Crippen LogP contribution in [-0.2, 0) is 4.79 Å². The lowest BCUT2D eigenvalue weighted by atomic mass is 10.2. The number of nitro groups is 1. The fraction of sp³-hybridized carbons (Fsp3) is 0.0909. The maximum Gasteiger partial charge on any atom is 0.323 e. The van der Waals surface area contributed by atoms with E-state index in [1.54, 1.807) is 55.5 Å². The number of hydrogen-bond donors (Lipinski definition) is 3. The fourth-order valence-electron chi connectivity index (χ4n) is 2.64. The standard InChI is InChI=1S/C22H20N4O4S/c1-15(31-20-12-10-19(11-13-20)26(29)30)21(27)23-17-8-5-9-18(14-17)25-22(28)24-16-6-3-2-4-7-16/h2-15H,1H3,(H,23,27)(H2,24,25,28). The molecule has 0 fully saturated rings. The van der Waals surface area contributed by atoms with E-state index in [1.165, 1.54) is 23.9 Å². The normalized spacial score (nSPS) is 11.3. The number of urea groups is 1. The lowest BCUT2D eigenvalue weighted by Crippen LogP contribution is -2.23. The number of amides is 3. The molecule has 3 rings (SSSR count). The maximum atomic E-state index is 12.5. The van der Waals surface area contributed by atoms with Crippen molar-refractivity contribution in [3.8, 4) is 0 Å². The van der Waals surface area contributed by atoms with Crippen LogP contribution in [0.3, 0.4) is 0 Å². The molecular formula is C22H20N4O4S. The van der Waals surface area contributed by atoms with Gasteiger partial charge in [0.05, 0.1) is 10.2 Å². The second-order valence-electron chi connectivity index (χ2n) is 6.53. The van der Waals surface area contributed by atoms with E-state index in [2.05, 4.69) is 16.0 Å². The number of carbonyl (C=O) groups excluding carboxylic acids is 2. The minimum Gasteiger partial charge on any atom is -0.325 e. The Balaban J connectivity index is 1.56. The van der Waals surface area contributed by atoms with E-state index in [1.807, 2.05) is 18.2 Å². The number of non-ortho nitro benzene ring substituents is 1. The van der Waals surface area contributed by atoms with Crippen LogP contribution in [0, 0.1) is 10.1 Å². The Morgan fingerprint density at radius 1 is 0.839 bits per heavy atom. The van der Waals surface area contributed by atoms with Gasteiger partial charge in [0.2, 0.25) is 5.91 Å². The van der Waals surface area contributed by atoms with Crippen LogP contribution in [0.25, 0.3) is 0 Å². The van der Waals surface area contributed by atoms with Crippen molar-refractivity contribution in [1.82, 2.24) is 0 Å². The van der Waals surface area contributed by atoms with Crippen molar-refractivity contribution >= 4 is 46.4 Å². The average Bonchev–Trinajstić information content (AvgIpc) is 2.75. The molecule has 0 saturated heterocycles. The quantitative estimate of drug-likeness (QED) is 0.262. The van der Waals surface area contributed by atoms with Gasteiger partial charge in [0.25, 0.3) is 5.69 Å². The van der Waals surface area contributed by atoms with E-state index in [0.717, 1.165) is 4.90 Å². The van der Waals surface area contributed by atoms with Gasteiger partial charge in [-0.3, -0.25) is 14.9 Å². The van der Waals surface area contributed by atoms with Crippen molar-refractivity contribution in [3.05, 3.63) is 89.0 Å².